The number of carbonyl (C=O) groups excluding carboxylic acids is 2. The Morgan fingerprint density at radius 2 is 1.86 bits per heavy atom. The lowest BCUT2D eigenvalue weighted by atomic mass is 9.80. The second kappa shape index (κ2) is 5.51. The zero-order chi connectivity index (χ0) is 15.1. The van der Waals surface area contributed by atoms with Crippen LogP contribution in [0, 0.1) is 5.92 Å². The van der Waals surface area contributed by atoms with Gasteiger partial charge in [0.15, 0.2) is 5.78 Å². The Kier molecular flexibility index (Phi) is 3.49. The monoisotopic (exact) mass is 298 g/mol. The maximum Gasteiger partial charge on any atom is 0.224 e. The lowest BCUT2D eigenvalue weighted by Crippen LogP contribution is -2.34. The fourth-order valence-corrected chi connectivity index (χ4v) is 4.05. The van der Waals surface area contributed by atoms with Crippen LogP contribution in [0.25, 0.3) is 0 Å². The summed E-state index contributed by atoms with van der Waals surface area (Å²) in [5.74, 6) is 0.461. The Hall–Kier alpha value is -1.68. The molecule has 1 N–H and O–H groups in total. The molecule has 1 atom stereocenters. The molecule has 4 heteroatoms. The number of hydrogen-bond acceptors (Lipinski definition) is 3. The first-order chi connectivity index (χ1) is 10.7. The van der Waals surface area contributed by atoms with Crippen molar-refractivity contribution in [1.82, 2.24) is 4.90 Å². The summed E-state index contributed by atoms with van der Waals surface area (Å²) in [6.45, 7) is 3.18. The topological polar surface area (TPSA) is 49.4 Å². The van der Waals surface area contributed by atoms with Gasteiger partial charge in [0.25, 0.3) is 0 Å². The van der Waals surface area contributed by atoms with Crippen molar-refractivity contribution < 1.29 is 9.59 Å². The summed E-state index contributed by atoms with van der Waals surface area (Å²) in [5.41, 5.74) is 4.06. The van der Waals surface area contributed by atoms with Gasteiger partial charge in [-0.05, 0) is 62.4 Å². The minimum Gasteiger partial charge on any atom is -0.326 e. The number of rotatable bonds is 2. The van der Waals surface area contributed by atoms with Gasteiger partial charge in [-0.1, -0.05) is 6.07 Å². The van der Waals surface area contributed by atoms with E-state index in [-0.39, 0.29) is 17.6 Å². The quantitative estimate of drug-likeness (QED) is 0.912. The molecule has 0 aromatic heterocycles. The molecule has 2 aliphatic heterocycles. The summed E-state index contributed by atoms with van der Waals surface area (Å²) in [7, 11) is 0. The average molecular weight is 298 g/mol. The zero-order valence-electron chi connectivity index (χ0n) is 12.9. The number of carbonyl (C=O) groups is 2. The third-order valence-electron chi connectivity index (χ3n) is 5.30. The van der Waals surface area contributed by atoms with E-state index in [2.05, 4.69) is 16.3 Å². The van der Waals surface area contributed by atoms with Crippen LogP contribution in [0.4, 0.5) is 5.69 Å². The standard InChI is InChI=1S/C18H22N2O2/c21-17-6-5-13-9-12-3-4-14(11-20-7-1-2-8-20)18(22)15(12)10-16(13)19-17/h9-10,14H,1-8,11H2,(H,19,21). The summed E-state index contributed by atoms with van der Waals surface area (Å²) in [5, 5.41) is 2.92. The van der Waals surface area contributed by atoms with E-state index in [0.29, 0.717) is 6.42 Å². The number of fused-ring (bicyclic) bond motifs is 2. The number of likely N-dealkylation sites (tertiary alicyclic amines) is 1. The highest BCUT2D eigenvalue weighted by atomic mass is 16.1. The van der Waals surface area contributed by atoms with Gasteiger partial charge in [0.1, 0.15) is 0 Å². The molecule has 0 spiro atoms. The second-order valence-electron chi connectivity index (χ2n) is 6.82. The maximum atomic E-state index is 12.8. The number of ketones is 1. The highest BCUT2D eigenvalue weighted by molar-refractivity contribution is 6.03. The minimum atomic E-state index is 0.0596. The lowest BCUT2D eigenvalue weighted by molar-refractivity contribution is -0.116. The van der Waals surface area contributed by atoms with Crippen LogP contribution in [0.1, 0.15) is 47.2 Å². The number of hydrogen-bond donors (Lipinski definition) is 1. The van der Waals surface area contributed by atoms with E-state index in [1.54, 1.807) is 0 Å². The molecule has 1 aromatic carbocycles. The number of nitrogens with one attached hydrogen (secondary N) is 1. The summed E-state index contributed by atoms with van der Waals surface area (Å²) in [6.07, 6.45) is 5.82. The van der Waals surface area contributed by atoms with E-state index in [0.717, 1.165) is 50.1 Å². The van der Waals surface area contributed by atoms with Crippen LogP contribution in [0.15, 0.2) is 12.1 Å². The Labute approximate surface area is 130 Å². The fourth-order valence-electron chi connectivity index (χ4n) is 4.05. The number of amides is 1. The molecule has 1 aliphatic carbocycles. The highest BCUT2D eigenvalue weighted by Crippen LogP contribution is 2.33. The Balaban J connectivity index is 1.59. The summed E-state index contributed by atoms with van der Waals surface area (Å²) < 4.78 is 0. The Bertz CT molecular complexity index is 632. The number of Topliss-reactive ketones (excluding diaryl/α,β-unsaturated/α-hetero) is 1. The predicted molar refractivity (Wildman–Crippen MR) is 85.2 cm³/mol. The molecule has 0 radical (unpaired) electrons. The van der Waals surface area contributed by atoms with Crippen LogP contribution >= 0.6 is 0 Å². The fraction of sp³-hybridized carbons (Fsp3) is 0.556. The van der Waals surface area contributed by atoms with Gasteiger partial charge < -0.3 is 10.2 Å². The molecule has 1 saturated heterocycles. The van der Waals surface area contributed by atoms with Gasteiger partial charge in [-0.25, -0.2) is 0 Å². The molecule has 4 rings (SSSR count). The largest absolute Gasteiger partial charge is 0.326 e. The summed E-state index contributed by atoms with van der Waals surface area (Å²) in [4.78, 5) is 26.8. The van der Waals surface area contributed by atoms with Gasteiger partial charge in [0.05, 0.1) is 0 Å². The summed E-state index contributed by atoms with van der Waals surface area (Å²) in [6, 6.07) is 4.08. The van der Waals surface area contributed by atoms with Crippen LogP contribution in [-0.2, 0) is 17.6 Å². The normalized spacial score (nSPS) is 24.8. The Morgan fingerprint density at radius 3 is 2.68 bits per heavy atom. The molecule has 1 aromatic rings. The van der Waals surface area contributed by atoms with Gasteiger partial charge in [-0.3, -0.25) is 9.59 Å². The minimum absolute atomic E-state index is 0.0596. The van der Waals surface area contributed by atoms with Crippen molar-refractivity contribution in [3.8, 4) is 0 Å². The highest BCUT2D eigenvalue weighted by Gasteiger charge is 2.31. The number of aryl methyl sites for hydroxylation is 2. The molecule has 0 saturated carbocycles. The second-order valence-corrected chi connectivity index (χ2v) is 6.82. The van der Waals surface area contributed by atoms with Crippen molar-refractivity contribution in [3.05, 3.63) is 28.8 Å². The smallest absolute Gasteiger partial charge is 0.224 e. The van der Waals surface area contributed by atoms with E-state index in [9.17, 15) is 9.59 Å². The van der Waals surface area contributed by atoms with E-state index in [1.165, 1.54) is 24.0 Å². The molecule has 22 heavy (non-hydrogen) atoms. The van der Waals surface area contributed by atoms with Crippen molar-refractivity contribution in [2.24, 2.45) is 5.92 Å². The summed E-state index contributed by atoms with van der Waals surface area (Å²) >= 11 is 0. The third-order valence-corrected chi connectivity index (χ3v) is 5.30. The number of nitrogens with zero attached hydrogens (tertiary/aromatic N) is 1. The van der Waals surface area contributed by atoms with E-state index < -0.39 is 0 Å². The molecule has 1 fully saturated rings. The molecule has 3 aliphatic rings. The lowest BCUT2D eigenvalue weighted by Gasteiger charge is -2.29. The molecule has 116 valence electrons. The van der Waals surface area contributed by atoms with E-state index >= 15 is 0 Å². The molecule has 2 heterocycles. The van der Waals surface area contributed by atoms with E-state index in [1.807, 2.05) is 6.07 Å². The molecular formula is C18H22N2O2. The maximum absolute atomic E-state index is 12.8. The van der Waals surface area contributed by atoms with Crippen molar-refractivity contribution in [2.75, 3.05) is 25.0 Å². The van der Waals surface area contributed by atoms with Crippen molar-refractivity contribution >= 4 is 17.4 Å². The van der Waals surface area contributed by atoms with Crippen molar-refractivity contribution in [2.45, 2.75) is 38.5 Å². The van der Waals surface area contributed by atoms with Crippen LogP contribution in [-0.4, -0.2) is 36.2 Å². The third kappa shape index (κ3) is 2.45. The molecular weight excluding hydrogens is 276 g/mol. The van der Waals surface area contributed by atoms with Crippen LogP contribution in [0.2, 0.25) is 0 Å². The van der Waals surface area contributed by atoms with Crippen LogP contribution < -0.4 is 5.32 Å². The molecule has 4 nitrogen and oxygen atoms in total. The van der Waals surface area contributed by atoms with Gasteiger partial charge in [0, 0.05) is 30.1 Å². The number of benzene rings is 1. The average Bonchev–Trinajstić information content (AvgIpc) is 3.02. The predicted octanol–water partition coefficient (Wildman–Crippen LogP) is 2.41. The first kappa shape index (κ1) is 13.9. The van der Waals surface area contributed by atoms with Crippen LogP contribution in [0.3, 0.4) is 0 Å². The molecule has 1 unspecified atom stereocenters. The molecule has 0 bridgehead atoms. The van der Waals surface area contributed by atoms with Crippen molar-refractivity contribution in [3.63, 3.8) is 0 Å². The van der Waals surface area contributed by atoms with Gasteiger partial charge in [-0.15, -0.1) is 0 Å². The van der Waals surface area contributed by atoms with Crippen molar-refractivity contribution in [1.29, 1.82) is 0 Å². The first-order valence-corrected chi connectivity index (χ1v) is 8.43. The van der Waals surface area contributed by atoms with Gasteiger partial charge in [0.2, 0.25) is 5.91 Å². The SMILES string of the molecule is O=C1CCc2cc3c(cc2N1)C(=O)C(CN1CCCC1)CC3. The van der Waals surface area contributed by atoms with Gasteiger partial charge >= 0.3 is 0 Å². The zero-order valence-corrected chi connectivity index (χ0v) is 12.9. The number of anilines is 1. The Morgan fingerprint density at radius 1 is 1.05 bits per heavy atom. The van der Waals surface area contributed by atoms with Crippen LogP contribution in [0.5, 0.6) is 0 Å². The first-order valence-electron chi connectivity index (χ1n) is 8.43. The van der Waals surface area contributed by atoms with Gasteiger partial charge in [-0.2, -0.15) is 0 Å². The van der Waals surface area contributed by atoms with E-state index in [4.69, 9.17) is 0 Å². The molecule has 1 amide bonds.